The Bertz CT molecular complexity index is 265. The van der Waals surface area contributed by atoms with E-state index in [9.17, 15) is 0 Å². The number of hydrogen-bond acceptors (Lipinski definition) is 3. The number of nitrogens with one attached hydrogen (secondary N) is 2. The molecule has 1 heterocycles. The van der Waals surface area contributed by atoms with Gasteiger partial charge in [-0.25, -0.2) is 0 Å². The van der Waals surface area contributed by atoms with E-state index in [1.54, 1.807) is 7.11 Å². The van der Waals surface area contributed by atoms with Gasteiger partial charge in [-0.3, -0.25) is 10.9 Å². The summed E-state index contributed by atoms with van der Waals surface area (Å²) < 4.78 is 5.10. The molecule has 1 fully saturated rings. The lowest BCUT2D eigenvalue weighted by Crippen LogP contribution is -2.21. The number of ether oxygens (including phenoxy) is 1. The maximum atomic E-state index is 5.10. The number of hydrogen-bond donors (Lipinski definition) is 2. The number of rotatable bonds is 2. The van der Waals surface area contributed by atoms with Crippen LogP contribution in [0.3, 0.4) is 0 Å². The number of hydrazine groups is 1. The first-order valence-corrected chi connectivity index (χ1v) is 4.50. The molecule has 0 atom stereocenters. The second-order valence-electron chi connectivity index (χ2n) is 3.23. The van der Waals surface area contributed by atoms with E-state index in [1.807, 2.05) is 12.1 Å². The molecule has 13 heavy (non-hydrogen) atoms. The van der Waals surface area contributed by atoms with Crippen LogP contribution in [0.15, 0.2) is 24.3 Å². The molecule has 1 aliphatic rings. The Morgan fingerprint density at radius 3 is 2.31 bits per heavy atom. The molecule has 0 unspecified atom stereocenters. The molecule has 0 aromatic heterocycles. The third-order valence-corrected chi connectivity index (χ3v) is 2.41. The van der Waals surface area contributed by atoms with E-state index >= 15 is 0 Å². The molecule has 2 rings (SSSR count). The topological polar surface area (TPSA) is 33.3 Å². The zero-order valence-corrected chi connectivity index (χ0v) is 7.71. The van der Waals surface area contributed by atoms with E-state index in [2.05, 4.69) is 23.0 Å². The minimum atomic E-state index is 0.589. The maximum absolute atomic E-state index is 5.10. The van der Waals surface area contributed by atoms with Crippen molar-refractivity contribution in [1.29, 1.82) is 0 Å². The lowest BCUT2D eigenvalue weighted by molar-refractivity contribution is 0.414. The molecule has 2 N–H and O–H groups in total. The highest BCUT2D eigenvalue weighted by atomic mass is 16.5. The molecular formula is C10H14N2O. The first kappa shape index (κ1) is 8.53. The minimum Gasteiger partial charge on any atom is -0.497 e. The van der Waals surface area contributed by atoms with E-state index < -0.39 is 0 Å². The van der Waals surface area contributed by atoms with Crippen LogP contribution < -0.4 is 15.6 Å². The van der Waals surface area contributed by atoms with Gasteiger partial charge in [0.25, 0.3) is 0 Å². The Hall–Kier alpha value is -1.06. The van der Waals surface area contributed by atoms with E-state index in [-0.39, 0.29) is 0 Å². The number of methoxy groups -OCH3 is 1. The van der Waals surface area contributed by atoms with Crippen LogP contribution >= 0.6 is 0 Å². The highest BCUT2D eigenvalue weighted by Gasteiger charge is 2.15. The summed E-state index contributed by atoms with van der Waals surface area (Å²) in [4.78, 5) is 0. The quantitative estimate of drug-likeness (QED) is 0.705. The van der Waals surface area contributed by atoms with Crippen LogP contribution in [0, 0.1) is 0 Å². The van der Waals surface area contributed by atoms with Crippen molar-refractivity contribution in [2.45, 2.75) is 5.92 Å². The average Bonchev–Trinajstić information content (AvgIpc) is 2.71. The molecule has 3 nitrogen and oxygen atoms in total. The summed E-state index contributed by atoms with van der Waals surface area (Å²) in [6.07, 6.45) is 0. The average molecular weight is 178 g/mol. The Labute approximate surface area is 78.1 Å². The van der Waals surface area contributed by atoms with Gasteiger partial charge in [-0.1, -0.05) is 12.1 Å². The lowest BCUT2D eigenvalue weighted by Gasteiger charge is -2.08. The molecular weight excluding hydrogens is 164 g/mol. The van der Waals surface area contributed by atoms with Crippen molar-refractivity contribution in [3.8, 4) is 5.75 Å². The lowest BCUT2D eigenvalue weighted by atomic mass is 10.0. The van der Waals surface area contributed by atoms with E-state index in [0.29, 0.717) is 5.92 Å². The van der Waals surface area contributed by atoms with Crippen LogP contribution in [-0.2, 0) is 0 Å². The summed E-state index contributed by atoms with van der Waals surface area (Å²) in [5.74, 6) is 1.51. The summed E-state index contributed by atoms with van der Waals surface area (Å²) in [6.45, 7) is 2.01. The van der Waals surface area contributed by atoms with Crippen molar-refractivity contribution in [2.24, 2.45) is 0 Å². The summed E-state index contributed by atoms with van der Waals surface area (Å²) in [5.41, 5.74) is 7.60. The van der Waals surface area contributed by atoms with Crippen molar-refractivity contribution < 1.29 is 4.74 Å². The summed E-state index contributed by atoms with van der Waals surface area (Å²) in [6, 6.07) is 8.26. The van der Waals surface area contributed by atoms with Gasteiger partial charge in [0, 0.05) is 19.0 Å². The Balaban J connectivity index is 2.12. The smallest absolute Gasteiger partial charge is 0.118 e. The highest BCUT2D eigenvalue weighted by molar-refractivity contribution is 5.30. The van der Waals surface area contributed by atoms with E-state index in [4.69, 9.17) is 4.74 Å². The predicted octanol–water partition coefficient (Wildman–Crippen LogP) is 0.887. The molecule has 1 saturated heterocycles. The van der Waals surface area contributed by atoms with Gasteiger partial charge in [-0.05, 0) is 17.7 Å². The molecule has 1 aromatic carbocycles. The number of benzene rings is 1. The highest BCUT2D eigenvalue weighted by Crippen LogP contribution is 2.19. The SMILES string of the molecule is COc1ccc(C2CNNC2)cc1. The van der Waals surface area contributed by atoms with Crippen LogP contribution in [0.25, 0.3) is 0 Å². The fourth-order valence-electron chi connectivity index (χ4n) is 1.57. The summed E-state index contributed by atoms with van der Waals surface area (Å²) in [5, 5.41) is 0. The van der Waals surface area contributed by atoms with Gasteiger partial charge in [0.1, 0.15) is 5.75 Å². The largest absolute Gasteiger partial charge is 0.497 e. The second-order valence-corrected chi connectivity index (χ2v) is 3.23. The van der Waals surface area contributed by atoms with Gasteiger partial charge in [0.2, 0.25) is 0 Å². The molecule has 1 aliphatic heterocycles. The Morgan fingerprint density at radius 2 is 1.77 bits per heavy atom. The molecule has 3 heteroatoms. The van der Waals surface area contributed by atoms with Crippen molar-refractivity contribution in [3.63, 3.8) is 0 Å². The van der Waals surface area contributed by atoms with Crippen molar-refractivity contribution in [1.82, 2.24) is 10.9 Å². The Morgan fingerprint density at radius 1 is 1.15 bits per heavy atom. The van der Waals surface area contributed by atoms with Gasteiger partial charge in [0.15, 0.2) is 0 Å². The zero-order chi connectivity index (χ0) is 9.10. The van der Waals surface area contributed by atoms with Crippen molar-refractivity contribution >= 4 is 0 Å². The predicted molar refractivity (Wildman–Crippen MR) is 51.7 cm³/mol. The van der Waals surface area contributed by atoms with Gasteiger partial charge in [0.05, 0.1) is 7.11 Å². The molecule has 70 valence electrons. The molecule has 0 spiro atoms. The first-order valence-electron chi connectivity index (χ1n) is 4.50. The van der Waals surface area contributed by atoms with Crippen molar-refractivity contribution in [2.75, 3.05) is 20.2 Å². The van der Waals surface area contributed by atoms with Gasteiger partial charge in [-0.2, -0.15) is 0 Å². The molecule has 0 saturated carbocycles. The normalized spacial score (nSPS) is 17.6. The van der Waals surface area contributed by atoms with Gasteiger partial charge < -0.3 is 4.74 Å². The van der Waals surface area contributed by atoms with Crippen LogP contribution in [0.5, 0.6) is 5.75 Å². The third-order valence-electron chi connectivity index (χ3n) is 2.41. The molecule has 0 bridgehead atoms. The van der Waals surface area contributed by atoms with Gasteiger partial charge >= 0.3 is 0 Å². The summed E-state index contributed by atoms with van der Waals surface area (Å²) in [7, 11) is 1.69. The third kappa shape index (κ3) is 1.82. The Kier molecular flexibility index (Phi) is 2.47. The van der Waals surface area contributed by atoms with Crippen LogP contribution in [0.4, 0.5) is 0 Å². The van der Waals surface area contributed by atoms with Crippen LogP contribution in [0.2, 0.25) is 0 Å². The second kappa shape index (κ2) is 3.77. The fraction of sp³-hybridized carbons (Fsp3) is 0.400. The summed E-state index contributed by atoms with van der Waals surface area (Å²) >= 11 is 0. The molecule has 1 aromatic rings. The van der Waals surface area contributed by atoms with Crippen LogP contribution in [-0.4, -0.2) is 20.2 Å². The van der Waals surface area contributed by atoms with Crippen LogP contribution in [0.1, 0.15) is 11.5 Å². The zero-order valence-electron chi connectivity index (χ0n) is 7.71. The van der Waals surface area contributed by atoms with E-state index in [0.717, 1.165) is 18.8 Å². The maximum Gasteiger partial charge on any atom is 0.118 e. The molecule has 0 radical (unpaired) electrons. The molecule has 0 amide bonds. The standard InChI is InChI=1S/C10H14N2O/c1-13-10-4-2-8(3-5-10)9-6-11-12-7-9/h2-5,9,11-12H,6-7H2,1H3. The first-order chi connectivity index (χ1) is 6.40. The van der Waals surface area contributed by atoms with Gasteiger partial charge in [-0.15, -0.1) is 0 Å². The van der Waals surface area contributed by atoms with E-state index in [1.165, 1.54) is 5.56 Å². The molecule has 0 aliphatic carbocycles. The minimum absolute atomic E-state index is 0.589. The fourth-order valence-corrected chi connectivity index (χ4v) is 1.57. The monoisotopic (exact) mass is 178 g/mol. The van der Waals surface area contributed by atoms with Crippen molar-refractivity contribution in [3.05, 3.63) is 29.8 Å².